The fraction of sp³-hybridized carbons (Fsp3) is 0.412. The molecule has 8 heteroatoms. The smallest absolute Gasteiger partial charge is 0.299 e. The predicted molar refractivity (Wildman–Crippen MR) is 96.3 cm³/mol. The van der Waals surface area contributed by atoms with Gasteiger partial charge < -0.3 is 0 Å². The van der Waals surface area contributed by atoms with Crippen LogP contribution >= 0.6 is 0 Å². The SMILES string of the molecule is C/C=C/Cn1c(-n2nc(C)cc2C)nc2c1c(=O)n(CC)c(=O)n2C. The van der Waals surface area contributed by atoms with E-state index in [1.165, 1.54) is 9.13 Å². The molecule has 0 atom stereocenters. The Labute approximate surface area is 144 Å². The van der Waals surface area contributed by atoms with Gasteiger partial charge in [0.2, 0.25) is 5.95 Å². The monoisotopic (exact) mass is 342 g/mol. The highest BCUT2D eigenvalue weighted by Crippen LogP contribution is 2.17. The van der Waals surface area contributed by atoms with E-state index in [4.69, 9.17) is 0 Å². The summed E-state index contributed by atoms with van der Waals surface area (Å²) in [5.74, 6) is 0.527. The van der Waals surface area contributed by atoms with Crippen LogP contribution in [0.4, 0.5) is 0 Å². The quantitative estimate of drug-likeness (QED) is 0.669. The van der Waals surface area contributed by atoms with Crippen LogP contribution in [0.5, 0.6) is 0 Å². The van der Waals surface area contributed by atoms with E-state index in [-0.39, 0.29) is 11.2 Å². The first-order valence-corrected chi connectivity index (χ1v) is 8.25. The van der Waals surface area contributed by atoms with E-state index < -0.39 is 0 Å². The maximum Gasteiger partial charge on any atom is 0.332 e. The van der Waals surface area contributed by atoms with Crippen molar-refractivity contribution in [2.45, 2.75) is 40.8 Å². The number of allylic oxidation sites excluding steroid dienone is 2. The van der Waals surface area contributed by atoms with E-state index >= 15 is 0 Å². The first-order valence-electron chi connectivity index (χ1n) is 8.25. The molecule has 0 bridgehead atoms. The van der Waals surface area contributed by atoms with Crippen LogP contribution in [0.1, 0.15) is 25.2 Å². The number of nitrogens with zero attached hydrogens (tertiary/aromatic N) is 6. The van der Waals surface area contributed by atoms with Crippen LogP contribution in [-0.2, 0) is 20.1 Å². The molecule has 0 amide bonds. The lowest BCUT2D eigenvalue weighted by atomic mass is 10.4. The van der Waals surface area contributed by atoms with Crippen LogP contribution in [0.25, 0.3) is 17.1 Å². The summed E-state index contributed by atoms with van der Waals surface area (Å²) in [6, 6.07) is 1.95. The zero-order chi connectivity index (χ0) is 18.3. The van der Waals surface area contributed by atoms with Crippen molar-refractivity contribution in [2.24, 2.45) is 7.05 Å². The average molecular weight is 342 g/mol. The van der Waals surface area contributed by atoms with E-state index in [0.29, 0.717) is 30.2 Å². The van der Waals surface area contributed by atoms with E-state index in [2.05, 4.69) is 10.1 Å². The largest absolute Gasteiger partial charge is 0.332 e. The summed E-state index contributed by atoms with van der Waals surface area (Å²) < 4.78 is 6.16. The molecule has 8 nitrogen and oxygen atoms in total. The van der Waals surface area contributed by atoms with Crippen molar-refractivity contribution in [3.05, 3.63) is 50.4 Å². The third kappa shape index (κ3) is 2.54. The van der Waals surface area contributed by atoms with Gasteiger partial charge in [0.15, 0.2) is 11.2 Å². The first-order chi connectivity index (χ1) is 11.9. The Morgan fingerprint density at radius 2 is 1.92 bits per heavy atom. The molecule has 0 spiro atoms. The van der Waals surface area contributed by atoms with Crippen molar-refractivity contribution < 1.29 is 0 Å². The number of hydrogen-bond acceptors (Lipinski definition) is 4. The van der Waals surface area contributed by atoms with Crippen molar-refractivity contribution in [3.63, 3.8) is 0 Å². The standard InChI is InChI=1S/C17H22N6O2/c1-6-8-9-22-13-14(20(5)17(25)21(7-2)15(13)24)18-16(22)23-12(4)10-11(3)19-23/h6,8,10H,7,9H2,1-5H3/b8-6+. The van der Waals surface area contributed by atoms with Crippen LogP contribution in [0.15, 0.2) is 27.8 Å². The van der Waals surface area contributed by atoms with Gasteiger partial charge in [-0.1, -0.05) is 12.2 Å². The molecule has 0 N–H and O–H groups in total. The molecule has 0 aromatic carbocycles. The topological polar surface area (TPSA) is 79.6 Å². The number of rotatable bonds is 4. The summed E-state index contributed by atoms with van der Waals surface area (Å²) in [5.41, 5.74) is 1.86. The van der Waals surface area contributed by atoms with Crippen LogP contribution < -0.4 is 11.2 Å². The predicted octanol–water partition coefficient (Wildman–Crippen LogP) is 1.30. The van der Waals surface area contributed by atoms with Gasteiger partial charge >= 0.3 is 5.69 Å². The lowest BCUT2D eigenvalue weighted by Gasteiger charge is -2.09. The van der Waals surface area contributed by atoms with E-state index in [9.17, 15) is 9.59 Å². The molecule has 132 valence electrons. The Kier molecular flexibility index (Phi) is 4.20. The number of aryl methyl sites for hydroxylation is 3. The second-order valence-electron chi connectivity index (χ2n) is 5.99. The molecule has 0 saturated carbocycles. The molecule has 3 rings (SSSR count). The summed E-state index contributed by atoms with van der Waals surface area (Å²) in [4.78, 5) is 29.9. The Balaban J connectivity index is 2.48. The molecular weight excluding hydrogens is 320 g/mol. The lowest BCUT2D eigenvalue weighted by molar-refractivity contribution is 0.634. The third-order valence-electron chi connectivity index (χ3n) is 4.25. The van der Waals surface area contributed by atoms with Gasteiger partial charge in [0, 0.05) is 25.8 Å². The van der Waals surface area contributed by atoms with Gasteiger partial charge in [-0.05, 0) is 33.8 Å². The van der Waals surface area contributed by atoms with Crippen molar-refractivity contribution in [3.8, 4) is 5.95 Å². The number of aromatic nitrogens is 6. The molecule has 0 radical (unpaired) electrons. The van der Waals surface area contributed by atoms with Crippen molar-refractivity contribution in [1.82, 2.24) is 28.5 Å². The van der Waals surface area contributed by atoms with Crippen LogP contribution in [0, 0.1) is 13.8 Å². The highest BCUT2D eigenvalue weighted by Gasteiger charge is 2.21. The van der Waals surface area contributed by atoms with Crippen LogP contribution in [0.2, 0.25) is 0 Å². The molecule has 3 heterocycles. The zero-order valence-electron chi connectivity index (χ0n) is 15.1. The normalized spacial score (nSPS) is 11.9. The van der Waals surface area contributed by atoms with E-state index in [1.54, 1.807) is 18.7 Å². The lowest BCUT2D eigenvalue weighted by Crippen LogP contribution is -2.39. The Morgan fingerprint density at radius 1 is 1.20 bits per heavy atom. The number of fused-ring (bicyclic) bond motifs is 1. The van der Waals surface area contributed by atoms with Crippen molar-refractivity contribution >= 4 is 11.2 Å². The highest BCUT2D eigenvalue weighted by molar-refractivity contribution is 5.72. The fourth-order valence-electron chi connectivity index (χ4n) is 3.02. The molecule has 0 aliphatic rings. The summed E-state index contributed by atoms with van der Waals surface area (Å²) in [5, 5.41) is 4.48. The minimum atomic E-state index is -0.365. The van der Waals surface area contributed by atoms with Gasteiger partial charge in [-0.2, -0.15) is 10.1 Å². The molecule has 3 aromatic heterocycles. The van der Waals surface area contributed by atoms with Crippen molar-refractivity contribution in [2.75, 3.05) is 0 Å². The zero-order valence-corrected chi connectivity index (χ0v) is 15.1. The Bertz CT molecular complexity index is 1090. The highest BCUT2D eigenvalue weighted by atomic mass is 16.2. The molecule has 0 unspecified atom stereocenters. The Morgan fingerprint density at radius 3 is 2.48 bits per heavy atom. The molecular formula is C17H22N6O2. The van der Waals surface area contributed by atoms with Crippen LogP contribution in [0.3, 0.4) is 0 Å². The van der Waals surface area contributed by atoms with Crippen molar-refractivity contribution in [1.29, 1.82) is 0 Å². The minimum Gasteiger partial charge on any atom is -0.299 e. The van der Waals surface area contributed by atoms with Gasteiger partial charge in [0.1, 0.15) is 0 Å². The van der Waals surface area contributed by atoms with E-state index in [1.807, 2.05) is 43.6 Å². The summed E-state index contributed by atoms with van der Waals surface area (Å²) in [7, 11) is 1.63. The molecule has 0 fully saturated rings. The maximum atomic E-state index is 12.9. The van der Waals surface area contributed by atoms with E-state index in [0.717, 1.165) is 11.4 Å². The Hall–Kier alpha value is -2.90. The van der Waals surface area contributed by atoms with Gasteiger partial charge in [0.25, 0.3) is 5.56 Å². The van der Waals surface area contributed by atoms with Gasteiger partial charge in [0.05, 0.1) is 5.69 Å². The van der Waals surface area contributed by atoms with Crippen LogP contribution in [-0.4, -0.2) is 28.5 Å². The molecule has 0 aliphatic carbocycles. The average Bonchev–Trinajstić information content (AvgIpc) is 3.11. The molecule has 0 aliphatic heterocycles. The fourth-order valence-corrected chi connectivity index (χ4v) is 3.02. The second kappa shape index (κ2) is 6.19. The summed E-state index contributed by atoms with van der Waals surface area (Å²) >= 11 is 0. The summed E-state index contributed by atoms with van der Waals surface area (Å²) in [6.45, 7) is 8.32. The maximum absolute atomic E-state index is 12.9. The van der Waals surface area contributed by atoms with Gasteiger partial charge in [-0.25, -0.2) is 9.48 Å². The second-order valence-corrected chi connectivity index (χ2v) is 5.99. The number of imidazole rings is 1. The molecule has 25 heavy (non-hydrogen) atoms. The van der Waals surface area contributed by atoms with Gasteiger partial charge in [-0.15, -0.1) is 0 Å². The van der Waals surface area contributed by atoms with Gasteiger partial charge in [-0.3, -0.25) is 18.5 Å². The number of hydrogen-bond donors (Lipinski definition) is 0. The molecule has 3 aromatic rings. The summed E-state index contributed by atoms with van der Waals surface area (Å²) in [6.07, 6.45) is 3.86. The minimum absolute atomic E-state index is 0.311. The first kappa shape index (κ1) is 16.9. The third-order valence-corrected chi connectivity index (χ3v) is 4.25. The molecule has 0 saturated heterocycles.